The number of ether oxygens (including phenoxy) is 1. The van der Waals surface area contributed by atoms with Gasteiger partial charge in [-0.1, -0.05) is 18.2 Å². The number of rotatable bonds is 6. The molecule has 1 aliphatic heterocycles. The zero-order valence-electron chi connectivity index (χ0n) is 20.2. The van der Waals surface area contributed by atoms with Gasteiger partial charge in [0.1, 0.15) is 17.0 Å². The first-order chi connectivity index (χ1) is 18.0. The minimum Gasteiger partial charge on any atom is -0.462 e. The average molecular weight is 521 g/mol. The first-order valence-corrected chi connectivity index (χ1v) is 12.9. The number of carbonyl (C=O) groups is 2. The molecule has 1 saturated heterocycles. The van der Waals surface area contributed by atoms with Gasteiger partial charge in [0.2, 0.25) is 0 Å². The summed E-state index contributed by atoms with van der Waals surface area (Å²) in [7, 11) is 0. The predicted octanol–water partition coefficient (Wildman–Crippen LogP) is 3.78. The number of carbonyl (C=O) groups excluding carboxylic acids is 2. The van der Waals surface area contributed by atoms with Crippen molar-refractivity contribution in [1.82, 2.24) is 14.5 Å². The molecule has 0 radical (unpaired) electrons. The second kappa shape index (κ2) is 10.5. The standard InChI is InChI=1S/C27H25FN4O4S/c1-2-36-27(35)22-23(30-11-13-31(14-12-30)25(33)21-9-5-15-37-21)20-8-4-10-29-24(20)32(26(22)34)17-18-6-3-7-19(28)16-18/h3-10,15-16H,2,11-14,17H2,1H3. The number of hydrogen-bond acceptors (Lipinski definition) is 7. The number of halogens is 1. The highest BCUT2D eigenvalue weighted by atomic mass is 32.1. The highest BCUT2D eigenvalue weighted by Crippen LogP contribution is 2.30. The van der Waals surface area contributed by atoms with E-state index in [2.05, 4.69) is 4.98 Å². The van der Waals surface area contributed by atoms with Crippen LogP contribution in [0.3, 0.4) is 0 Å². The van der Waals surface area contributed by atoms with Gasteiger partial charge in [-0.2, -0.15) is 0 Å². The molecule has 3 aromatic heterocycles. The van der Waals surface area contributed by atoms with E-state index in [1.807, 2.05) is 22.4 Å². The summed E-state index contributed by atoms with van der Waals surface area (Å²) in [4.78, 5) is 48.7. The normalized spacial score (nSPS) is 13.7. The molecule has 10 heteroatoms. The van der Waals surface area contributed by atoms with Gasteiger partial charge in [-0.15, -0.1) is 11.3 Å². The average Bonchev–Trinajstić information content (AvgIpc) is 3.45. The second-order valence-electron chi connectivity index (χ2n) is 8.60. The van der Waals surface area contributed by atoms with Crippen molar-refractivity contribution in [3.05, 3.63) is 92.3 Å². The van der Waals surface area contributed by atoms with Crippen LogP contribution >= 0.6 is 11.3 Å². The summed E-state index contributed by atoms with van der Waals surface area (Å²) in [6.45, 7) is 3.57. The van der Waals surface area contributed by atoms with E-state index in [1.165, 1.54) is 28.0 Å². The molecule has 0 atom stereocenters. The molecule has 1 aromatic carbocycles. The highest BCUT2D eigenvalue weighted by Gasteiger charge is 2.30. The monoisotopic (exact) mass is 520 g/mol. The molecule has 1 amide bonds. The third kappa shape index (κ3) is 4.84. The van der Waals surface area contributed by atoms with Gasteiger partial charge in [0.25, 0.3) is 11.5 Å². The van der Waals surface area contributed by atoms with Crippen molar-refractivity contribution >= 4 is 39.9 Å². The van der Waals surface area contributed by atoms with Crippen LogP contribution < -0.4 is 10.5 Å². The van der Waals surface area contributed by atoms with Crippen molar-refractivity contribution in [2.75, 3.05) is 37.7 Å². The molecule has 0 N–H and O–H groups in total. The lowest BCUT2D eigenvalue weighted by Gasteiger charge is -2.37. The predicted molar refractivity (Wildman–Crippen MR) is 140 cm³/mol. The number of hydrogen-bond donors (Lipinski definition) is 0. The van der Waals surface area contributed by atoms with Gasteiger partial charge in [0, 0.05) is 37.8 Å². The summed E-state index contributed by atoms with van der Waals surface area (Å²) >= 11 is 1.40. The Labute approximate surface area is 216 Å². The number of aromatic nitrogens is 2. The summed E-state index contributed by atoms with van der Waals surface area (Å²) in [5.74, 6) is -1.17. The van der Waals surface area contributed by atoms with Gasteiger partial charge < -0.3 is 14.5 Å². The lowest BCUT2D eigenvalue weighted by Crippen LogP contribution is -2.49. The van der Waals surface area contributed by atoms with Gasteiger partial charge in [-0.3, -0.25) is 14.2 Å². The lowest BCUT2D eigenvalue weighted by atomic mass is 10.1. The van der Waals surface area contributed by atoms with Gasteiger partial charge in [-0.25, -0.2) is 14.2 Å². The zero-order chi connectivity index (χ0) is 25.9. The minimum atomic E-state index is -0.724. The molecule has 37 heavy (non-hydrogen) atoms. The van der Waals surface area contributed by atoms with Gasteiger partial charge in [-0.05, 0) is 48.2 Å². The van der Waals surface area contributed by atoms with E-state index in [-0.39, 0.29) is 24.6 Å². The van der Waals surface area contributed by atoms with E-state index < -0.39 is 17.3 Å². The number of benzene rings is 1. The molecular weight excluding hydrogens is 495 g/mol. The maximum atomic E-state index is 13.9. The Morgan fingerprint density at radius 1 is 1.08 bits per heavy atom. The van der Waals surface area contributed by atoms with Crippen LogP contribution in [0.4, 0.5) is 10.1 Å². The Hall–Kier alpha value is -4.05. The van der Waals surface area contributed by atoms with Crippen molar-refractivity contribution in [2.45, 2.75) is 13.5 Å². The molecule has 190 valence electrons. The third-order valence-electron chi connectivity index (χ3n) is 6.32. The summed E-state index contributed by atoms with van der Waals surface area (Å²) in [6.07, 6.45) is 1.58. The third-order valence-corrected chi connectivity index (χ3v) is 7.18. The number of esters is 1. The number of fused-ring (bicyclic) bond motifs is 1. The molecule has 0 unspecified atom stereocenters. The van der Waals surface area contributed by atoms with Crippen LogP contribution in [0.2, 0.25) is 0 Å². The topological polar surface area (TPSA) is 84.7 Å². The Bertz CT molecular complexity index is 1510. The smallest absolute Gasteiger partial charge is 0.345 e. The largest absolute Gasteiger partial charge is 0.462 e. The molecule has 1 aliphatic rings. The van der Waals surface area contributed by atoms with Crippen LogP contribution in [-0.4, -0.2) is 59.1 Å². The molecule has 4 aromatic rings. The quantitative estimate of drug-likeness (QED) is 0.360. The maximum absolute atomic E-state index is 13.9. The Morgan fingerprint density at radius 2 is 1.89 bits per heavy atom. The number of nitrogens with zero attached hydrogens (tertiary/aromatic N) is 4. The number of amides is 1. The molecule has 5 rings (SSSR count). The Balaban J connectivity index is 1.58. The van der Waals surface area contributed by atoms with Crippen LogP contribution in [0.1, 0.15) is 32.5 Å². The van der Waals surface area contributed by atoms with Gasteiger partial charge >= 0.3 is 5.97 Å². The zero-order valence-corrected chi connectivity index (χ0v) is 21.0. The van der Waals surface area contributed by atoms with E-state index in [4.69, 9.17) is 4.74 Å². The number of piperazine rings is 1. The van der Waals surface area contributed by atoms with Crippen molar-refractivity contribution in [3.8, 4) is 0 Å². The fourth-order valence-corrected chi connectivity index (χ4v) is 5.32. The first-order valence-electron chi connectivity index (χ1n) is 12.0. The van der Waals surface area contributed by atoms with Crippen molar-refractivity contribution in [3.63, 3.8) is 0 Å². The SMILES string of the molecule is CCOC(=O)c1c(N2CCN(C(=O)c3cccs3)CC2)c2cccnc2n(Cc2cccc(F)c2)c1=O. The first kappa shape index (κ1) is 24.6. The summed E-state index contributed by atoms with van der Waals surface area (Å²) in [5, 5.41) is 2.48. The highest BCUT2D eigenvalue weighted by molar-refractivity contribution is 7.12. The molecule has 0 aliphatic carbocycles. The maximum Gasteiger partial charge on any atom is 0.345 e. The van der Waals surface area contributed by atoms with Crippen LogP contribution in [0.5, 0.6) is 0 Å². The molecular formula is C27H25FN4O4S. The molecule has 0 bridgehead atoms. The fraction of sp³-hybridized carbons (Fsp3) is 0.259. The van der Waals surface area contributed by atoms with Crippen molar-refractivity contribution < 1.29 is 18.7 Å². The Morgan fingerprint density at radius 3 is 2.59 bits per heavy atom. The molecule has 0 spiro atoms. The molecule has 4 heterocycles. The molecule has 1 fully saturated rings. The summed E-state index contributed by atoms with van der Waals surface area (Å²) in [5.41, 5.74) is 0.761. The van der Waals surface area contributed by atoms with Crippen molar-refractivity contribution in [1.29, 1.82) is 0 Å². The van der Waals surface area contributed by atoms with Crippen molar-refractivity contribution in [2.24, 2.45) is 0 Å². The van der Waals surface area contributed by atoms with Gasteiger partial charge in [0.15, 0.2) is 0 Å². The van der Waals surface area contributed by atoms with E-state index in [0.717, 1.165) is 0 Å². The number of anilines is 1. The minimum absolute atomic E-state index is 0.0303. The van der Waals surface area contributed by atoms with Crippen LogP contribution in [0, 0.1) is 5.82 Å². The van der Waals surface area contributed by atoms with Crippen LogP contribution in [0.25, 0.3) is 11.0 Å². The molecule has 8 nitrogen and oxygen atoms in total. The van der Waals surface area contributed by atoms with E-state index in [0.29, 0.717) is 53.3 Å². The lowest BCUT2D eigenvalue weighted by molar-refractivity contribution is 0.0523. The van der Waals surface area contributed by atoms with Crippen LogP contribution in [-0.2, 0) is 11.3 Å². The van der Waals surface area contributed by atoms with E-state index >= 15 is 0 Å². The number of thiophene rings is 1. The number of pyridine rings is 2. The molecule has 0 saturated carbocycles. The Kier molecular flexibility index (Phi) is 7.00. The van der Waals surface area contributed by atoms with E-state index in [1.54, 1.807) is 42.3 Å². The van der Waals surface area contributed by atoms with E-state index in [9.17, 15) is 18.8 Å². The summed E-state index contributed by atoms with van der Waals surface area (Å²) in [6, 6.07) is 13.2. The second-order valence-corrected chi connectivity index (χ2v) is 9.54. The fourth-order valence-electron chi connectivity index (χ4n) is 4.63. The van der Waals surface area contributed by atoms with Gasteiger partial charge in [0.05, 0.1) is 23.7 Å². The van der Waals surface area contributed by atoms with Crippen LogP contribution in [0.15, 0.2) is 64.9 Å². The summed E-state index contributed by atoms with van der Waals surface area (Å²) < 4.78 is 20.6.